The minimum Gasteiger partial charge on any atom is -0.317 e. The van der Waals surface area contributed by atoms with Crippen molar-refractivity contribution in [2.45, 2.75) is 80.8 Å². The molecular formula is C15H28N2S. The van der Waals surface area contributed by atoms with Crippen LogP contribution in [0.1, 0.15) is 51.4 Å². The number of nitrogens with zero attached hydrogens (tertiary/aromatic N) is 1. The van der Waals surface area contributed by atoms with E-state index in [9.17, 15) is 0 Å². The molecule has 2 nitrogen and oxygen atoms in total. The van der Waals surface area contributed by atoms with Gasteiger partial charge in [0.25, 0.3) is 0 Å². The zero-order chi connectivity index (χ0) is 12.5. The number of piperidine rings is 1. The maximum absolute atomic E-state index is 3.52. The maximum atomic E-state index is 3.52. The molecule has 1 aliphatic carbocycles. The van der Waals surface area contributed by atoms with E-state index in [0.29, 0.717) is 0 Å². The van der Waals surface area contributed by atoms with Gasteiger partial charge in [0.15, 0.2) is 0 Å². The van der Waals surface area contributed by atoms with Gasteiger partial charge in [0.2, 0.25) is 0 Å². The summed E-state index contributed by atoms with van der Waals surface area (Å²) < 4.78 is 0. The van der Waals surface area contributed by atoms with Crippen LogP contribution in [0.3, 0.4) is 0 Å². The van der Waals surface area contributed by atoms with Crippen molar-refractivity contribution < 1.29 is 0 Å². The molecule has 4 atom stereocenters. The fourth-order valence-electron chi connectivity index (χ4n) is 4.68. The summed E-state index contributed by atoms with van der Waals surface area (Å²) in [5.41, 5.74) is 0. The van der Waals surface area contributed by atoms with E-state index < -0.39 is 0 Å². The minimum absolute atomic E-state index is 0.787. The van der Waals surface area contributed by atoms with Gasteiger partial charge in [-0.15, -0.1) is 0 Å². The predicted octanol–water partition coefficient (Wildman–Crippen LogP) is 2.88. The summed E-state index contributed by atoms with van der Waals surface area (Å²) in [5.74, 6) is 0. The normalized spacial score (nSPS) is 45.3. The van der Waals surface area contributed by atoms with E-state index in [1.54, 1.807) is 0 Å². The number of fused-ring (bicyclic) bond motifs is 2. The number of rotatable bonds is 3. The molecule has 2 bridgehead atoms. The highest BCUT2D eigenvalue weighted by Crippen LogP contribution is 2.42. The van der Waals surface area contributed by atoms with Gasteiger partial charge in [0, 0.05) is 29.4 Å². The molecule has 0 aromatic heterocycles. The number of thioether (sulfide) groups is 1. The van der Waals surface area contributed by atoms with E-state index in [-0.39, 0.29) is 0 Å². The molecule has 1 N–H and O–H groups in total. The first kappa shape index (κ1) is 13.3. The van der Waals surface area contributed by atoms with E-state index in [1.807, 2.05) is 0 Å². The van der Waals surface area contributed by atoms with Crippen molar-refractivity contribution in [2.24, 2.45) is 0 Å². The van der Waals surface area contributed by atoms with Gasteiger partial charge in [-0.3, -0.25) is 4.90 Å². The van der Waals surface area contributed by atoms with Crippen LogP contribution >= 0.6 is 11.8 Å². The summed E-state index contributed by atoms with van der Waals surface area (Å²) in [6.45, 7) is 0. The second-order valence-corrected chi connectivity index (χ2v) is 7.49. The Morgan fingerprint density at radius 2 is 1.67 bits per heavy atom. The second kappa shape index (κ2) is 5.72. The lowest BCUT2D eigenvalue weighted by atomic mass is 9.88. The van der Waals surface area contributed by atoms with Crippen LogP contribution in [0.4, 0.5) is 0 Å². The van der Waals surface area contributed by atoms with Crippen molar-refractivity contribution in [3.63, 3.8) is 0 Å². The molecule has 0 radical (unpaired) electrons. The highest BCUT2D eigenvalue weighted by atomic mass is 32.2. The minimum atomic E-state index is 0.787. The van der Waals surface area contributed by atoms with Crippen molar-refractivity contribution in [3.8, 4) is 0 Å². The molecule has 3 heteroatoms. The van der Waals surface area contributed by atoms with E-state index >= 15 is 0 Å². The fourth-order valence-corrected chi connectivity index (χ4v) is 5.68. The number of hydrogen-bond donors (Lipinski definition) is 1. The van der Waals surface area contributed by atoms with Gasteiger partial charge in [-0.2, -0.15) is 11.8 Å². The molecule has 0 aromatic rings. The molecule has 18 heavy (non-hydrogen) atoms. The summed E-state index contributed by atoms with van der Waals surface area (Å²) in [4.78, 5) is 2.97. The van der Waals surface area contributed by atoms with Gasteiger partial charge < -0.3 is 5.32 Å². The zero-order valence-corrected chi connectivity index (χ0v) is 12.7. The van der Waals surface area contributed by atoms with Crippen molar-refractivity contribution in [1.29, 1.82) is 0 Å². The molecule has 3 fully saturated rings. The van der Waals surface area contributed by atoms with Crippen LogP contribution in [0, 0.1) is 0 Å². The first-order valence-electron chi connectivity index (χ1n) is 7.81. The van der Waals surface area contributed by atoms with Crippen molar-refractivity contribution in [3.05, 3.63) is 0 Å². The topological polar surface area (TPSA) is 15.3 Å². The lowest BCUT2D eigenvalue weighted by Crippen LogP contribution is -2.56. The lowest BCUT2D eigenvalue weighted by Gasteiger charge is -2.47. The molecule has 2 aliphatic heterocycles. The van der Waals surface area contributed by atoms with Crippen molar-refractivity contribution in [1.82, 2.24) is 10.2 Å². The van der Waals surface area contributed by atoms with Crippen LogP contribution in [-0.4, -0.2) is 47.6 Å². The van der Waals surface area contributed by atoms with Gasteiger partial charge in [-0.1, -0.05) is 12.8 Å². The van der Waals surface area contributed by atoms with Gasteiger partial charge in [0.05, 0.1) is 0 Å². The third-order valence-corrected chi connectivity index (χ3v) is 6.71. The first-order valence-corrected chi connectivity index (χ1v) is 9.09. The molecule has 104 valence electrons. The summed E-state index contributed by atoms with van der Waals surface area (Å²) in [7, 11) is 2.14. The Morgan fingerprint density at radius 1 is 1.00 bits per heavy atom. The van der Waals surface area contributed by atoms with Crippen LogP contribution in [0.5, 0.6) is 0 Å². The summed E-state index contributed by atoms with van der Waals surface area (Å²) in [6, 6.07) is 3.46. The Balaban J connectivity index is 1.72. The van der Waals surface area contributed by atoms with E-state index in [0.717, 1.165) is 29.4 Å². The van der Waals surface area contributed by atoms with E-state index in [1.165, 1.54) is 51.4 Å². The molecule has 2 saturated heterocycles. The number of hydrogen-bond acceptors (Lipinski definition) is 3. The Bertz CT molecular complexity index is 270. The Hall–Kier alpha value is 0.270. The fraction of sp³-hybridized carbons (Fsp3) is 1.00. The molecular weight excluding hydrogens is 240 g/mol. The van der Waals surface area contributed by atoms with Crippen LogP contribution in [0.2, 0.25) is 0 Å². The molecule has 3 aliphatic rings. The Labute approximate surface area is 116 Å². The van der Waals surface area contributed by atoms with E-state index in [2.05, 4.69) is 35.3 Å². The van der Waals surface area contributed by atoms with E-state index in [4.69, 9.17) is 0 Å². The van der Waals surface area contributed by atoms with Gasteiger partial charge in [-0.25, -0.2) is 0 Å². The van der Waals surface area contributed by atoms with Crippen LogP contribution < -0.4 is 5.32 Å². The third-order valence-electron chi connectivity index (χ3n) is 5.55. The molecule has 4 unspecified atom stereocenters. The standard InChI is InChI=1S/C15H28N2S/c1-16-11-9-12-7-8-13(10-11)17(12)14-5-3-4-6-15(14)18-2/h11-16H,3-10H2,1-2H3. The molecule has 0 aromatic carbocycles. The molecule has 3 rings (SSSR count). The zero-order valence-electron chi connectivity index (χ0n) is 11.9. The SMILES string of the molecule is CNC1CC2CCC(C1)N2C1CCCCC1SC. The molecule has 2 heterocycles. The highest BCUT2D eigenvalue weighted by Gasteiger charge is 2.45. The van der Waals surface area contributed by atoms with Gasteiger partial charge in [0.1, 0.15) is 0 Å². The first-order chi connectivity index (χ1) is 8.83. The molecule has 1 saturated carbocycles. The summed E-state index contributed by atoms with van der Waals surface area (Å²) in [6.07, 6.45) is 13.9. The van der Waals surface area contributed by atoms with Crippen LogP contribution in [0.15, 0.2) is 0 Å². The lowest BCUT2D eigenvalue weighted by molar-refractivity contribution is 0.0561. The Kier molecular flexibility index (Phi) is 4.21. The monoisotopic (exact) mass is 268 g/mol. The summed E-state index contributed by atoms with van der Waals surface area (Å²) in [5, 5.41) is 4.43. The molecule has 0 amide bonds. The second-order valence-electron chi connectivity index (χ2n) is 6.42. The average Bonchev–Trinajstić information content (AvgIpc) is 2.68. The van der Waals surface area contributed by atoms with Gasteiger partial charge in [-0.05, 0) is 51.8 Å². The maximum Gasteiger partial charge on any atom is 0.0220 e. The van der Waals surface area contributed by atoms with Crippen molar-refractivity contribution >= 4 is 11.8 Å². The highest BCUT2D eigenvalue weighted by molar-refractivity contribution is 7.99. The quantitative estimate of drug-likeness (QED) is 0.847. The molecule has 0 spiro atoms. The van der Waals surface area contributed by atoms with Crippen molar-refractivity contribution in [2.75, 3.05) is 13.3 Å². The predicted molar refractivity (Wildman–Crippen MR) is 80.3 cm³/mol. The Morgan fingerprint density at radius 3 is 2.28 bits per heavy atom. The van der Waals surface area contributed by atoms with Crippen LogP contribution in [0.25, 0.3) is 0 Å². The van der Waals surface area contributed by atoms with Gasteiger partial charge >= 0.3 is 0 Å². The number of nitrogens with one attached hydrogen (secondary N) is 1. The smallest absolute Gasteiger partial charge is 0.0220 e. The summed E-state index contributed by atoms with van der Waals surface area (Å²) >= 11 is 2.13. The van der Waals surface area contributed by atoms with Crippen LogP contribution in [-0.2, 0) is 0 Å². The third kappa shape index (κ3) is 2.34. The largest absolute Gasteiger partial charge is 0.317 e. The average molecular weight is 268 g/mol.